The monoisotopic (exact) mass is 757 g/mol. The minimum atomic E-state index is -1.41. The summed E-state index contributed by atoms with van der Waals surface area (Å²) in [4.78, 5) is 47.8. The number of hydrogen-bond donors (Lipinski definition) is 4. The Bertz CT molecular complexity index is 1100. The van der Waals surface area contributed by atoms with Crippen molar-refractivity contribution in [3.05, 3.63) is 60.8 Å². The number of aliphatic hydroxyl groups excluding tert-OH is 1. The predicted molar refractivity (Wildman–Crippen MR) is 222 cm³/mol. The minimum absolute atomic E-state index is 0.182. The third kappa shape index (κ3) is 35.6. The molecule has 2 amide bonds. The smallest absolute Gasteiger partial charge is 0.328 e. The van der Waals surface area contributed by atoms with Crippen LogP contribution in [0, 0.1) is 0 Å². The lowest BCUT2D eigenvalue weighted by atomic mass is 10.0. The number of rotatable bonds is 37. The maximum Gasteiger partial charge on any atom is 0.328 e. The van der Waals surface area contributed by atoms with E-state index in [0.717, 1.165) is 51.4 Å². The van der Waals surface area contributed by atoms with Crippen LogP contribution in [-0.2, 0) is 23.9 Å². The van der Waals surface area contributed by atoms with Crippen molar-refractivity contribution >= 4 is 23.8 Å². The molecule has 0 saturated carbocycles. The van der Waals surface area contributed by atoms with Crippen LogP contribution >= 0.6 is 0 Å². The third-order valence-electron chi connectivity index (χ3n) is 9.01. The summed E-state index contributed by atoms with van der Waals surface area (Å²) in [6.45, 7) is 3.28. The fraction of sp³-hybridized carbons (Fsp3) is 0.689. The molecule has 0 saturated heterocycles. The molecule has 0 rings (SSSR count). The summed E-state index contributed by atoms with van der Waals surface area (Å²) in [6.07, 6.45) is 46.8. The molecular weight excluding hydrogens is 681 g/mol. The number of carboxylic acid groups (broad SMARTS) is 1. The van der Waals surface area contributed by atoms with Gasteiger partial charge in [-0.3, -0.25) is 14.4 Å². The third-order valence-corrected chi connectivity index (χ3v) is 9.01. The maximum atomic E-state index is 12.7. The summed E-state index contributed by atoms with van der Waals surface area (Å²) < 4.78 is 5.84. The van der Waals surface area contributed by atoms with Gasteiger partial charge in [0.25, 0.3) is 0 Å². The van der Waals surface area contributed by atoms with Gasteiger partial charge in [-0.15, -0.1) is 0 Å². The molecule has 4 N–H and O–H groups in total. The molecular formula is C45H76N2O7. The lowest BCUT2D eigenvalue weighted by molar-refractivity contribution is -0.147. The van der Waals surface area contributed by atoms with Crippen molar-refractivity contribution in [2.45, 2.75) is 187 Å². The highest BCUT2D eigenvalue weighted by Gasteiger charge is 2.19. The highest BCUT2D eigenvalue weighted by Crippen LogP contribution is 2.15. The zero-order valence-electron chi connectivity index (χ0n) is 34.0. The summed E-state index contributed by atoms with van der Waals surface area (Å²) in [7, 11) is 0. The van der Waals surface area contributed by atoms with Crippen LogP contribution in [0.25, 0.3) is 0 Å². The number of carbonyl (C=O) groups is 4. The van der Waals surface area contributed by atoms with Crippen molar-refractivity contribution in [2.24, 2.45) is 0 Å². The Morgan fingerprint density at radius 1 is 0.574 bits per heavy atom. The summed E-state index contributed by atoms with van der Waals surface area (Å²) >= 11 is 0. The second kappa shape index (κ2) is 39.2. The van der Waals surface area contributed by atoms with E-state index < -0.39 is 24.5 Å². The maximum absolute atomic E-state index is 12.7. The highest BCUT2D eigenvalue weighted by molar-refractivity contribution is 5.87. The number of carbonyl (C=O) groups excluding carboxylic acids is 3. The number of hydrogen-bond acceptors (Lipinski definition) is 6. The van der Waals surface area contributed by atoms with Crippen molar-refractivity contribution in [2.75, 3.05) is 13.2 Å². The summed E-state index contributed by atoms with van der Waals surface area (Å²) in [6, 6.07) is -1.41. The molecule has 54 heavy (non-hydrogen) atoms. The van der Waals surface area contributed by atoms with E-state index in [1.165, 1.54) is 77.0 Å². The number of allylic oxidation sites excluding steroid dienone is 9. The van der Waals surface area contributed by atoms with Gasteiger partial charge in [0.05, 0.1) is 13.2 Å². The number of amides is 2. The highest BCUT2D eigenvalue weighted by atomic mass is 16.5. The van der Waals surface area contributed by atoms with Gasteiger partial charge in [-0.1, -0.05) is 158 Å². The molecule has 9 nitrogen and oxygen atoms in total. The van der Waals surface area contributed by atoms with Gasteiger partial charge >= 0.3 is 11.9 Å². The van der Waals surface area contributed by atoms with Crippen molar-refractivity contribution in [1.82, 2.24) is 10.6 Å². The normalized spacial score (nSPS) is 13.1. The lowest BCUT2D eigenvalue weighted by Crippen LogP contribution is -2.47. The molecule has 0 aliphatic rings. The lowest BCUT2D eigenvalue weighted by Gasteiger charge is -2.15. The van der Waals surface area contributed by atoms with Crippen LogP contribution in [0.4, 0.5) is 0 Å². The number of ether oxygens (including phenoxy) is 1. The molecule has 9 heteroatoms. The Labute approximate surface area is 328 Å². The summed E-state index contributed by atoms with van der Waals surface area (Å²) in [5, 5.41) is 22.6. The Morgan fingerprint density at radius 3 is 1.52 bits per heavy atom. The van der Waals surface area contributed by atoms with Crippen LogP contribution in [0.3, 0.4) is 0 Å². The second-order valence-electron chi connectivity index (χ2n) is 14.1. The molecule has 0 spiro atoms. The molecule has 0 fully saturated rings. The van der Waals surface area contributed by atoms with E-state index in [9.17, 15) is 19.2 Å². The topological polar surface area (TPSA) is 142 Å². The molecule has 0 aliphatic carbocycles. The van der Waals surface area contributed by atoms with Crippen LogP contribution in [-0.4, -0.2) is 59.3 Å². The van der Waals surface area contributed by atoms with Crippen molar-refractivity contribution in [3.63, 3.8) is 0 Å². The van der Waals surface area contributed by atoms with Crippen molar-refractivity contribution in [1.29, 1.82) is 0 Å². The zero-order valence-corrected chi connectivity index (χ0v) is 34.0. The Hall–Kier alpha value is -3.46. The molecule has 0 aromatic carbocycles. The first-order valence-electron chi connectivity index (χ1n) is 21.2. The van der Waals surface area contributed by atoms with Gasteiger partial charge in [-0.25, -0.2) is 4.79 Å². The largest absolute Gasteiger partial charge is 0.480 e. The number of nitrogens with one attached hydrogen (secondary N) is 2. The Kier molecular flexibility index (Phi) is 36.7. The first-order chi connectivity index (χ1) is 26.3. The molecule has 0 bridgehead atoms. The summed E-state index contributed by atoms with van der Waals surface area (Å²) in [5.74, 6) is -2.57. The molecule has 0 aromatic rings. The number of carboxylic acids is 1. The molecule has 0 heterocycles. The van der Waals surface area contributed by atoms with E-state index in [1.54, 1.807) is 0 Å². The quantitative estimate of drug-likeness (QED) is 0.0281. The van der Waals surface area contributed by atoms with E-state index >= 15 is 0 Å². The fourth-order valence-electron chi connectivity index (χ4n) is 5.78. The molecule has 0 aliphatic heterocycles. The van der Waals surface area contributed by atoms with Gasteiger partial charge in [0.2, 0.25) is 11.8 Å². The van der Waals surface area contributed by atoms with Crippen LogP contribution in [0.1, 0.15) is 174 Å². The zero-order chi connectivity index (χ0) is 39.7. The second-order valence-corrected chi connectivity index (χ2v) is 14.1. The van der Waals surface area contributed by atoms with Gasteiger partial charge in [0.1, 0.15) is 12.1 Å². The number of aliphatic carboxylic acids is 1. The van der Waals surface area contributed by atoms with Crippen LogP contribution < -0.4 is 10.6 Å². The molecule has 0 aromatic heterocycles. The van der Waals surface area contributed by atoms with Gasteiger partial charge < -0.3 is 25.6 Å². The molecule has 0 radical (unpaired) electrons. The van der Waals surface area contributed by atoms with Crippen molar-refractivity contribution < 1.29 is 34.1 Å². The van der Waals surface area contributed by atoms with E-state index in [2.05, 4.69) is 73.1 Å². The van der Waals surface area contributed by atoms with E-state index in [0.29, 0.717) is 25.7 Å². The van der Waals surface area contributed by atoms with E-state index in [1.807, 2.05) is 12.2 Å². The minimum Gasteiger partial charge on any atom is -0.480 e. The van der Waals surface area contributed by atoms with Gasteiger partial charge in [0, 0.05) is 12.8 Å². The van der Waals surface area contributed by atoms with Gasteiger partial charge in [-0.05, 0) is 63.9 Å². The van der Waals surface area contributed by atoms with Crippen LogP contribution in [0.5, 0.6) is 0 Å². The van der Waals surface area contributed by atoms with E-state index in [-0.39, 0.29) is 30.9 Å². The van der Waals surface area contributed by atoms with Gasteiger partial charge in [0.15, 0.2) is 0 Å². The molecule has 308 valence electrons. The molecule has 2 atom stereocenters. The first-order valence-corrected chi connectivity index (χ1v) is 21.2. The SMILES string of the molecule is CC/C=C\C/C=C\C/C=C\C/C=C\C/C=C\C(CCCCC(=O)NCC(=O)NC(CO)C(=O)O)OC(=O)CCCCCCCCCCCCCCCCC. The fourth-order valence-corrected chi connectivity index (χ4v) is 5.78. The number of unbranched alkanes of at least 4 members (excludes halogenated alkanes) is 15. The van der Waals surface area contributed by atoms with Crippen LogP contribution in [0.15, 0.2) is 60.8 Å². The predicted octanol–water partition coefficient (Wildman–Crippen LogP) is 10.1. The Balaban J connectivity index is 4.53. The average molecular weight is 757 g/mol. The summed E-state index contributed by atoms with van der Waals surface area (Å²) in [5.41, 5.74) is 0. The van der Waals surface area contributed by atoms with E-state index in [4.69, 9.17) is 14.9 Å². The van der Waals surface area contributed by atoms with Crippen LogP contribution in [0.2, 0.25) is 0 Å². The van der Waals surface area contributed by atoms with Crippen molar-refractivity contribution in [3.8, 4) is 0 Å². The number of esters is 1. The Morgan fingerprint density at radius 2 is 1.04 bits per heavy atom. The molecule has 2 unspecified atom stereocenters. The average Bonchev–Trinajstić information content (AvgIpc) is 3.16. The first kappa shape index (κ1) is 50.5. The number of aliphatic hydroxyl groups is 1. The standard InChI is InChI=1S/C45H76N2O7/c1-3-5-7-9-11-13-15-17-19-21-23-25-27-29-31-37-44(51)54-40(34-30-28-26-24-22-20-18-16-14-12-10-8-6-4-2)35-32-33-36-42(49)46-38-43(50)47-41(39-48)45(52)53/h6,8,12,14,18,20,24,26,30,34,40-41,48H,3-5,7,9-11,13,15-17,19,21-23,25,27-29,31-33,35-39H2,1-2H3,(H,46,49)(H,47,50)(H,52,53)/b8-6-,14-12-,20-18-,26-24-,34-30-. The van der Waals surface area contributed by atoms with Gasteiger partial charge in [-0.2, -0.15) is 0 Å².